The Morgan fingerprint density at radius 2 is 2.09 bits per heavy atom. The average molecular weight is 310 g/mol. The van der Waals surface area contributed by atoms with Gasteiger partial charge in [0.05, 0.1) is 13.3 Å². The maximum Gasteiger partial charge on any atom is 0.274 e. The number of carbonyl (C=O) groups is 1. The summed E-state index contributed by atoms with van der Waals surface area (Å²) in [6, 6.07) is 10.8. The highest BCUT2D eigenvalue weighted by Gasteiger charge is 2.15. The average Bonchev–Trinajstić information content (AvgIpc) is 3.02. The SMILES string of the molecule is COc1cccc(NC(=O)c2cc(C(C)C)n3nccc3n2)c1. The number of rotatable bonds is 4. The normalized spacial score (nSPS) is 11.0. The molecule has 1 amide bonds. The zero-order valence-corrected chi connectivity index (χ0v) is 13.3. The molecule has 3 rings (SSSR count). The molecule has 2 aromatic heterocycles. The third-order valence-electron chi connectivity index (χ3n) is 3.54. The largest absolute Gasteiger partial charge is 0.497 e. The molecule has 0 radical (unpaired) electrons. The fourth-order valence-corrected chi connectivity index (χ4v) is 2.36. The molecule has 1 N–H and O–H groups in total. The molecule has 0 aliphatic rings. The zero-order valence-electron chi connectivity index (χ0n) is 13.3. The number of carbonyl (C=O) groups excluding carboxylic acids is 1. The summed E-state index contributed by atoms with van der Waals surface area (Å²) in [5, 5.41) is 7.10. The molecule has 0 unspecified atom stereocenters. The standard InChI is InChI=1S/C17H18N4O2/c1-11(2)15-10-14(20-16-7-8-18-21(15)16)17(22)19-12-5-4-6-13(9-12)23-3/h4-11H,1-3H3,(H,19,22). The number of benzene rings is 1. The molecule has 0 spiro atoms. The van der Waals surface area contributed by atoms with E-state index in [2.05, 4.69) is 29.2 Å². The van der Waals surface area contributed by atoms with E-state index < -0.39 is 0 Å². The van der Waals surface area contributed by atoms with Gasteiger partial charge in [-0.3, -0.25) is 4.79 Å². The van der Waals surface area contributed by atoms with Crippen molar-refractivity contribution in [1.29, 1.82) is 0 Å². The van der Waals surface area contributed by atoms with Crippen LogP contribution in [-0.2, 0) is 0 Å². The van der Waals surface area contributed by atoms with Crippen LogP contribution in [0.2, 0.25) is 0 Å². The lowest BCUT2D eigenvalue weighted by Gasteiger charge is -2.11. The van der Waals surface area contributed by atoms with Crippen LogP contribution >= 0.6 is 0 Å². The van der Waals surface area contributed by atoms with Crippen LogP contribution in [0.1, 0.15) is 35.9 Å². The zero-order chi connectivity index (χ0) is 16.4. The molecule has 0 saturated carbocycles. The Labute approximate surface area is 134 Å². The van der Waals surface area contributed by atoms with Crippen molar-refractivity contribution in [3.05, 3.63) is 54.0 Å². The van der Waals surface area contributed by atoms with Crippen molar-refractivity contribution in [2.24, 2.45) is 0 Å². The van der Waals surface area contributed by atoms with E-state index in [1.165, 1.54) is 0 Å². The third-order valence-corrected chi connectivity index (χ3v) is 3.54. The van der Waals surface area contributed by atoms with E-state index in [0.717, 1.165) is 5.69 Å². The van der Waals surface area contributed by atoms with Crippen molar-refractivity contribution in [3.8, 4) is 5.75 Å². The van der Waals surface area contributed by atoms with Gasteiger partial charge in [-0.15, -0.1) is 0 Å². The molecule has 118 valence electrons. The second kappa shape index (κ2) is 6.08. The van der Waals surface area contributed by atoms with Crippen LogP contribution in [0, 0.1) is 0 Å². The number of aromatic nitrogens is 3. The number of amides is 1. The first kappa shape index (κ1) is 15.0. The summed E-state index contributed by atoms with van der Waals surface area (Å²) in [5.41, 5.74) is 2.63. The molecule has 6 nitrogen and oxygen atoms in total. The summed E-state index contributed by atoms with van der Waals surface area (Å²) in [6.45, 7) is 4.11. The van der Waals surface area contributed by atoms with E-state index in [1.807, 2.05) is 12.1 Å². The Morgan fingerprint density at radius 1 is 1.26 bits per heavy atom. The monoisotopic (exact) mass is 310 g/mol. The Morgan fingerprint density at radius 3 is 2.83 bits per heavy atom. The van der Waals surface area contributed by atoms with E-state index in [0.29, 0.717) is 22.8 Å². The first-order chi connectivity index (χ1) is 11.1. The smallest absolute Gasteiger partial charge is 0.274 e. The van der Waals surface area contributed by atoms with Crippen LogP contribution in [0.15, 0.2) is 42.6 Å². The minimum absolute atomic E-state index is 0.226. The fraction of sp³-hybridized carbons (Fsp3) is 0.235. The lowest BCUT2D eigenvalue weighted by molar-refractivity contribution is 0.102. The molecule has 0 atom stereocenters. The molecule has 0 bridgehead atoms. The number of methoxy groups -OCH3 is 1. The maximum atomic E-state index is 12.5. The van der Waals surface area contributed by atoms with Gasteiger partial charge in [0.25, 0.3) is 5.91 Å². The first-order valence-electron chi connectivity index (χ1n) is 7.38. The molecule has 0 fully saturated rings. The van der Waals surface area contributed by atoms with Gasteiger partial charge in [-0.25, -0.2) is 9.50 Å². The van der Waals surface area contributed by atoms with Gasteiger partial charge in [0, 0.05) is 23.5 Å². The molecule has 0 aliphatic carbocycles. The van der Waals surface area contributed by atoms with Crippen LogP contribution < -0.4 is 10.1 Å². The fourth-order valence-electron chi connectivity index (χ4n) is 2.36. The first-order valence-corrected chi connectivity index (χ1v) is 7.38. The summed E-state index contributed by atoms with van der Waals surface area (Å²) in [6.07, 6.45) is 1.68. The quantitative estimate of drug-likeness (QED) is 0.804. The number of ether oxygens (including phenoxy) is 1. The van der Waals surface area contributed by atoms with Crippen molar-refractivity contribution in [1.82, 2.24) is 14.6 Å². The van der Waals surface area contributed by atoms with E-state index in [1.54, 1.807) is 42.1 Å². The van der Waals surface area contributed by atoms with Crippen molar-refractivity contribution >= 4 is 17.2 Å². The van der Waals surface area contributed by atoms with Gasteiger partial charge in [0.1, 0.15) is 11.4 Å². The molecule has 0 aliphatic heterocycles. The summed E-state index contributed by atoms with van der Waals surface area (Å²) < 4.78 is 6.92. The second-order valence-corrected chi connectivity index (χ2v) is 5.51. The van der Waals surface area contributed by atoms with E-state index in [4.69, 9.17) is 4.74 Å². The Balaban J connectivity index is 1.94. The van der Waals surface area contributed by atoms with Crippen LogP contribution in [0.25, 0.3) is 5.65 Å². The van der Waals surface area contributed by atoms with Crippen molar-refractivity contribution in [2.75, 3.05) is 12.4 Å². The summed E-state index contributed by atoms with van der Waals surface area (Å²) >= 11 is 0. The minimum atomic E-state index is -0.260. The Hall–Kier alpha value is -2.89. The van der Waals surface area contributed by atoms with Crippen LogP contribution in [0.5, 0.6) is 5.75 Å². The van der Waals surface area contributed by atoms with E-state index in [9.17, 15) is 4.79 Å². The predicted octanol–water partition coefficient (Wildman–Crippen LogP) is 3.11. The summed E-state index contributed by atoms with van der Waals surface area (Å²) in [7, 11) is 1.59. The molecule has 1 aromatic carbocycles. The van der Waals surface area contributed by atoms with Crippen LogP contribution in [0.3, 0.4) is 0 Å². The lowest BCUT2D eigenvalue weighted by atomic mass is 10.1. The van der Waals surface area contributed by atoms with Crippen LogP contribution in [-0.4, -0.2) is 27.6 Å². The van der Waals surface area contributed by atoms with Crippen LogP contribution in [0.4, 0.5) is 5.69 Å². The van der Waals surface area contributed by atoms with Gasteiger partial charge >= 0.3 is 0 Å². The number of nitrogens with zero attached hydrogens (tertiary/aromatic N) is 3. The number of nitrogens with one attached hydrogen (secondary N) is 1. The third kappa shape index (κ3) is 3.01. The number of fused-ring (bicyclic) bond motifs is 1. The molecule has 2 heterocycles. The number of hydrogen-bond donors (Lipinski definition) is 1. The van der Waals surface area contributed by atoms with Crippen molar-refractivity contribution in [3.63, 3.8) is 0 Å². The topological polar surface area (TPSA) is 68.5 Å². The van der Waals surface area contributed by atoms with Gasteiger partial charge in [0.2, 0.25) is 0 Å². The predicted molar refractivity (Wildman–Crippen MR) is 88.0 cm³/mol. The van der Waals surface area contributed by atoms with Crippen molar-refractivity contribution in [2.45, 2.75) is 19.8 Å². The summed E-state index contributed by atoms with van der Waals surface area (Å²) in [5.74, 6) is 0.650. The van der Waals surface area contributed by atoms with E-state index in [-0.39, 0.29) is 11.8 Å². The molecular formula is C17H18N4O2. The number of hydrogen-bond acceptors (Lipinski definition) is 4. The Bertz CT molecular complexity index is 855. The number of anilines is 1. The van der Waals surface area contributed by atoms with Gasteiger partial charge in [-0.1, -0.05) is 19.9 Å². The molecular weight excluding hydrogens is 292 g/mol. The molecule has 3 aromatic rings. The van der Waals surface area contributed by atoms with Gasteiger partial charge in [-0.2, -0.15) is 5.10 Å². The Kier molecular flexibility index (Phi) is 3.97. The lowest BCUT2D eigenvalue weighted by Crippen LogP contribution is -2.16. The van der Waals surface area contributed by atoms with Gasteiger partial charge in [0.15, 0.2) is 5.65 Å². The highest BCUT2D eigenvalue weighted by atomic mass is 16.5. The highest BCUT2D eigenvalue weighted by molar-refractivity contribution is 6.03. The highest BCUT2D eigenvalue weighted by Crippen LogP contribution is 2.19. The van der Waals surface area contributed by atoms with Crippen molar-refractivity contribution < 1.29 is 9.53 Å². The molecule has 6 heteroatoms. The molecule has 0 saturated heterocycles. The summed E-state index contributed by atoms with van der Waals surface area (Å²) in [4.78, 5) is 16.9. The second-order valence-electron chi connectivity index (χ2n) is 5.51. The van der Waals surface area contributed by atoms with Gasteiger partial charge in [-0.05, 0) is 24.1 Å². The van der Waals surface area contributed by atoms with Gasteiger partial charge < -0.3 is 10.1 Å². The maximum absolute atomic E-state index is 12.5. The minimum Gasteiger partial charge on any atom is -0.497 e. The molecule has 23 heavy (non-hydrogen) atoms. The van der Waals surface area contributed by atoms with E-state index >= 15 is 0 Å².